The summed E-state index contributed by atoms with van der Waals surface area (Å²) in [6.07, 6.45) is 1.20. The van der Waals surface area contributed by atoms with Crippen LogP contribution in [-0.2, 0) is 14.8 Å². The maximum absolute atomic E-state index is 12.4. The van der Waals surface area contributed by atoms with E-state index in [9.17, 15) is 13.2 Å². The van der Waals surface area contributed by atoms with Crippen LogP contribution in [0.5, 0.6) is 0 Å². The molecular weight excluding hydrogens is 372 g/mol. The van der Waals surface area contributed by atoms with Crippen molar-refractivity contribution in [3.63, 3.8) is 0 Å². The molecule has 1 aliphatic carbocycles. The third kappa shape index (κ3) is 5.00. The fourth-order valence-electron chi connectivity index (χ4n) is 3.42. The Morgan fingerprint density at radius 1 is 1.11 bits per heavy atom. The van der Waals surface area contributed by atoms with E-state index in [-0.39, 0.29) is 29.8 Å². The van der Waals surface area contributed by atoms with Crippen LogP contribution in [0.1, 0.15) is 42.5 Å². The molecule has 6 heteroatoms. The summed E-state index contributed by atoms with van der Waals surface area (Å²) < 4.78 is 27.4. The zero-order chi connectivity index (χ0) is 20.3. The molecule has 0 heterocycles. The highest BCUT2D eigenvalue weighted by Crippen LogP contribution is 2.46. The van der Waals surface area contributed by atoms with Crippen molar-refractivity contribution in [1.82, 2.24) is 10.0 Å². The maximum atomic E-state index is 12.4. The minimum absolute atomic E-state index is 0.0138. The summed E-state index contributed by atoms with van der Waals surface area (Å²) in [5.74, 6) is 0.892. The molecular formula is C22H28N2O3S. The van der Waals surface area contributed by atoms with E-state index in [1.807, 2.05) is 44.2 Å². The highest BCUT2D eigenvalue weighted by molar-refractivity contribution is 7.89. The number of hydrogen-bond donors (Lipinski definition) is 2. The van der Waals surface area contributed by atoms with Gasteiger partial charge in [0, 0.05) is 13.0 Å². The average Bonchev–Trinajstić information content (AvgIpc) is 3.38. The molecule has 5 nitrogen and oxygen atoms in total. The molecule has 3 atom stereocenters. The molecule has 1 aliphatic rings. The van der Waals surface area contributed by atoms with Gasteiger partial charge in [-0.25, -0.2) is 13.1 Å². The lowest BCUT2D eigenvalue weighted by Crippen LogP contribution is -2.34. The number of aryl methyl sites for hydroxylation is 2. The van der Waals surface area contributed by atoms with E-state index in [4.69, 9.17) is 0 Å². The van der Waals surface area contributed by atoms with Gasteiger partial charge in [0.2, 0.25) is 15.9 Å². The molecule has 0 radical (unpaired) electrons. The monoisotopic (exact) mass is 400 g/mol. The average molecular weight is 401 g/mol. The number of carbonyl (C=O) groups is 1. The number of hydrogen-bond acceptors (Lipinski definition) is 3. The first-order chi connectivity index (χ1) is 13.3. The second-order valence-corrected chi connectivity index (χ2v) is 9.49. The number of nitrogens with one attached hydrogen (secondary N) is 2. The van der Waals surface area contributed by atoms with Gasteiger partial charge in [0.1, 0.15) is 0 Å². The van der Waals surface area contributed by atoms with E-state index >= 15 is 0 Å². The summed E-state index contributed by atoms with van der Waals surface area (Å²) in [6, 6.07) is 15.0. The normalized spacial score (nSPS) is 19.8. The Balaban J connectivity index is 1.56. The van der Waals surface area contributed by atoms with Crippen LogP contribution >= 0.6 is 0 Å². The number of amides is 1. The molecule has 3 unspecified atom stereocenters. The van der Waals surface area contributed by atoms with Gasteiger partial charge in [-0.05, 0) is 60.9 Å². The molecule has 0 aromatic heterocycles. The molecule has 2 N–H and O–H groups in total. The molecule has 0 spiro atoms. The molecule has 0 aliphatic heterocycles. The van der Waals surface area contributed by atoms with Crippen LogP contribution in [-0.4, -0.2) is 20.9 Å². The van der Waals surface area contributed by atoms with E-state index in [2.05, 4.69) is 17.0 Å². The highest BCUT2D eigenvalue weighted by atomic mass is 32.2. The first-order valence-corrected chi connectivity index (χ1v) is 11.2. The first-order valence-electron chi connectivity index (χ1n) is 9.69. The SMILES string of the molecule is Cc1ccc(S(=O)(=O)NCCC(=O)NC(c2ccccc2)C2CC2C)cc1C. The molecule has 150 valence electrons. The lowest BCUT2D eigenvalue weighted by Gasteiger charge is -2.19. The van der Waals surface area contributed by atoms with Crippen LogP contribution in [0.15, 0.2) is 53.4 Å². The van der Waals surface area contributed by atoms with E-state index in [1.54, 1.807) is 18.2 Å². The number of benzene rings is 2. The predicted octanol–water partition coefficient (Wildman–Crippen LogP) is 3.49. The molecule has 0 saturated heterocycles. The minimum atomic E-state index is -3.62. The van der Waals surface area contributed by atoms with Crippen LogP contribution in [0, 0.1) is 25.7 Å². The minimum Gasteiger partial charge on any atom is -0.349 e. The molecule has 0 bridgehead atoms. The lowest BCUT2D eigenvalue weighted by molar-refractivity contribution is -0.121. The highest BCUT2D eigenvalue weighted by Gasteiger charge is 2.40. The lowest BCUT2D eigenvalue weighted by atomic mass is 10.0. The van der Waals surface area contributed by atoms with Crippen molar-refractivity contribution >= 4 is 15.9 Å². The summed E-state index contributed by atoms with van der Waals surface area (Å²) in [4.78, 5) is 12.7. The smallest absolute Gasteiger partial charge is 0.240 e. The molecule has 1 saturated carbocycles. The van der Waals surface area contributed by atoms with E-state index in [0.717, 1.165) is 23.1 Å². The molecule has 2 aromatic rings. The van der Waals surface area contributed by atoms with Gasteiger partial charge in [-0.1, -0.05) is 43.3 Å². The molecule has 1 fully saturated rings. The van der Waals surface area contributed by atoms with Crippen molar-refractivity contribution in [3.05, 3.63) is 65.2 Å². The van der Waals surface area contributed by atoms with Crippen LogP contribution in [0.2, 0.25) is 0 Å². The largest absolute Gasteiger partial charge is 0.349 e. The van der Waals surface area contributed by atoms with Gasteiger partial charge in [-0.15, -0.1) is 0 Å². The Morgan fingerprint density at radius 3 is 2.39 bits per heavy atom. The Labute approximate surface area is 167 Å². The van der Waals surface area contributed by atoms with Crippen molar-refractivity contribution in [2.45, 2.75) is 44.6 Å². The van der Waals surface area contributed by atoms with Gasteiger partial charge in [0.15, 0.2) is 0 Å². The summed E-state index contributed by atoms with van der Waals surface area (Å²) in [5, 5.41) is 3.09. The third-order valence-corrected chi connectivity index (χ3v) is 6.97. The Bertz CT molecular complexity index is 942. The maximum Gasteiger partial charge on any atom is 0.240 e. The van der Waals surface area contributed by atoms with Crippen molar-refractivity contribution in [1.29, 1.82) is 0 Å². The van der Waals surface area contributed by atoms with Crippen LogP contribution in [0.3, 0.4) is 0 Å². The summed E-state index contributed by atoms with van der Waals surface area (Å²) in [5.41, 5.74) is 3.06. The Morgan fingerprint density at radius 2 is 1.79 bits per heavy atom. The van der Waals surface area contributed by atoms with Crippen LogP contribution < -0.4 is 10.0 Å². The predicted molar refractivity (Wildman–Crippen MR) is 110 cm³/mol. The second kappa shape index (κ2) is 8.45. The molecule has 1 amide bonds. The fourth-order valence-corrected chi connectivity index (χ4v) is 4.54. The molecule has 2 aromatic carbocycles. The van der Waals surface area contributed by atoms with Gasteiger partial charge in [-0.2, -0.15) is 0 Å². The summed E-state index contributed by atoms with van der Waals surface area (Å²) in [6.45, 7) is 6.07. The van der Waals surface area contributed by atoms with E-state index < -0.39 is 10.0 Å². The standard InChI is InChI=1S/C22H28N2O3S/c1-15-9-10-19(13-16(15)2)28(26,27)23-12-11-21(25)24-22(20-14-17(20)3)18-7-5-4-6-8-18/h4-10,13,17,20,22-23H,11-12,14H2,1-3H3,(H,24,25). The third-order valence-electron chi connectivity index (χ3n) is 5.51. The first kappa shape index (κ1) is 20.6. The van der Waals surface area contributed by atoms with E-state index in [0.29, 0.717) is 11.8 Å². The Kier molecular flexibility index (Phi) is 6.20. The topological polar surface area (TPSA) is 75.3 Å². The number of rotatable bonds is 8. The zero-order valence-corrected chi connectivity index (χ0v) is 17.4. The van der Waals surface area contributed by atoms with Crippen LogP contribution in [0.25, 0.3) is 0 Å². The summed E-state index contributed by atoms with van der Waals surface area (Å²) >= 11 is 0. The van der Waals surface area contributed by atoms with Crippen LogP contribution in [0.4, 0.5) is 0 Å². The number of sulfonamides is 1. The zero-order valence-electron chi connectivity index (χ0n) is 16.6. The van der Waals surface area contributed by atoms with Crippen molar-refractivity contribution in [2.24, 2.45) is 11.8 Å². The van der Waals surface area contributed by atoms with Crippen molar-refractivity contribution < 1.29 is 13.2 Å². The van der Waals surface area contributed by atoms with Gasteiger partial charge in [0.25, 0.3) is 0 Å². The second-order valence-electron chi connectivity index (χ2n) is 7.73. The van der Waals surface area contributed by atoms with Crippen molar-refractivity contribution in [3.8, 4) is 0 Å². The Hall–Kier alpha value is -2.18. The van der Waals surface area contributed by atoms with Crippen molar-refractivity contribution in [2.75, 3.05) is 6.54 Å². The van der Waals surface area contributed by atoms with Gasteiger partial charge < -0.3 is 5.32 Å². The van der Waals surface area contributed by atoms with Gasteiger partial charge in [0.05, 0.1) is 10.9 Å². The van der Waals surface area contributed by atoms with Gasteiger partial charge in [-0.3, -0.25) is 4.79 Å². The van der Waals surface area contributed by atoms with E-state index in [1.165, 1.54) is 0 Å². The molecule has 3 rings (SSSR count). The number of carbonyl (C=O) groups excluding carboxylic acids is 1. The quantitative estimate of drug-likeness (QED) is 0.712. The fraction of sp³-hybridized carbons (Fsp3) is 0.409. The van der Waals surface area contributed by atoms with Gasteiger partial charge >= 0.3 is 0 Å². The summed E-state index contributed by atoms with van der Waals surface area (Å²) in [7, 11) is -3.62. The molecule has 28 heavy (non-hydrogen) atoms.